The molecule has 0 radical (unpaired) electrons. The van der Waals surface area contributed by atoms with Gasteiger partial charge in [0.2, 0.25) is 5.78 Å². The van der Waals surface area contributed by atoms with Crippen molar-refractivity contribution in [2.24, 2.45) is 0 Å². The van der Waals surface area contributed by atoms with Crippen molar-refractivity contribution >= 4 is 11.5 Å². The van der Waals surface area contributed by atoms with Gasteiger partial charge in [0.1, 0.15) is 0 Å². The highest BCUT2D eigenvalue weighted by Crippen LogP contribution is 2.37. The summed E-state index contributed by atoms with van der Waals surface area (Å²) in [5.41, 5.74) is 7.90. The van der Waals surface area contributed by atoms with Gasteiger partial charge in [0.15, 0.2) is 11.9 Å². The molecule has 2 rings (SSSR count). The van der Waals surface area contributed by atoms with Crippen molar-refractivity contribution in [3.63, 3.8) is 0 Å². The second-order valence-corrected chi connectivity index (χ2v) is 3.55. The summed E-state index contributed by atoms with van der Waals surface area (Å²) >= 11 is 0. The second-order valence-electron chi connectivity index (χ2n) is 3.55. The number of nitrogens with two attached hydrogens (primary N) is 1. The summed E-state index contributed by atoms with van der Waals surface area (Å²) in [4.78, 5) is 11.8. The normalized spacial score (nSPS) is 19.3. The maximum atomic E-state index is 11.8. The Hall–Kier alpha value is -1.51. The summed E-state index contributed by atoms with van der Waals surface area (Å²) < 4.78 is 5.51. The number of carbonyl (C=O) groups excluding carboxylic acids is 1. The van der Waals surface area contributed by atoms with Gasteiger partial charge in [-0.2, -0.15) is 0 Å². The van der Waals surface area contributed by atoms with E-state index in [1.54, 1.807) is 6.07 Å². The molecule has 3 nitrogen and oxygen atoms in total. The number of fused-ring (bicyclic) bond motifs is 1. The molecular formula is C11H13NO2. The highest BCUT2D eigenvalue weighted by molar-refractivity contribution is 6.07. The first kappa shape index (κ1) is 9.06. The van der Waals surface area contributed by atoms with Crippen LogP contribution in [0.2, 0.25) is 0 Å². The molecular weight excluding hydrogens is 178 g/mol. The lowest BCUT2D eigenvalue weighted by atomic mass is 10.0. The topological polar surface area (TPSA) is 52.3 Å². The Kier molecular flexibility index (Phi) is 1.95. The Bertz CT molecular complexity index is 399. The molecule has 0 fully saturated rings. The van der Waals surface area contributed by atoms with E-state index >= 15 is 0 Å². The highest BCUT2D eigenvalue weighted by atomic mass is 16.5. The Morgan fingerprint density at radius 2 is 2.21 bits per heavy atom. The number of aryl methyl sites for hydroxylation is 1. The third-order valence-electron chi connectivity index (χ3n) is 2.57. The molecule has 14 heavy (non-hydrogen) atoms. The van der Waals surface area contributed by atoms with E-state index in [4.69, 9.17) is 10.5 Å². The fourth-order valence-corrected chi connectivity index (χ4v) is 1.76. The predicted octanol–water partition coefficient (Wildman–Crippen LogP) is 1.93. The molecule has 3 heteroatoms. The molecule has 0 spiro atoms. The van der Waals surface area contributed by atoms with E-state index < -0.39 is 0 Å². The van der Waals surface area contributed by atoms with Gasteiger partial charge in [-0.3, -0.25) is 4.79 Å². The average molecular weight is 191 g/mol. The Morgan fingerprint density at radius 1 is 1.50 bits per heavy atom. The number of anilines is 1. The fraction of sp³-hybridized carbons (Fsp3) is 0.364. The number of Topliss-reactive ketones (excluding diaryl/α,β-unsaturated/α-hetero) is 1. The molecule has 0 saturated heterocycles. The molecule has 1 aromatic rings. The van der Waals surface area contributed by atoms with E-state index in [0.29, 0.717) is 23.4 Å². The van der Waals surface area contributed by atoms with Crippen LogP contribution in [0.4, 0.5) is 5.69 Å². The first-order chi connectivity index (χ1) is 6.65. The molecule has 0 aromatic heterocycles. The Labute approximate surface area is 82.9 Å². The summed E-state index contributed by atoms with van der Waals surface area (Å²) in [5.74, 6) is 0.633. The lowest BCUT2D eigenvalue weighted by Crippen LogP contribution is -2.18. The third-order valence-corrected chi connectivity index (χ3v) is 2.57. The van der Waals surface area contributed by atoms with E-state index in [0.717, 1.165) is 5.56 Å². The van der Waals surface area contributed by atoms with Crippen molar-refractivity contribution in [2.75, 3.05) is 5.73 Å². The molecule has 1 aliphatic rings. The number of hydrogen-bond acceptors (Lipinski definition) is 3. The largest absolute Gasteiger partial charge is 0.479 e. The molecule has 0 saturated carbocycles. The monoisotopic (exact) mass is 191 g/mol. The molecule has 2 N–H and O–H groups in total. The van der Waals surface area contributed by atoms with Gasteiger partial charge < -0.3 is 10.5 Å². The molecule has 1 heterocycles. The zero-order chi connectivity index (χ0) is 10.3. The minimum atomic E-state index is -0.339. The van der Waals surface area contributed by atoms with E-state index in [9.17, 15) is 4.79 Å². The van der Waals surface area contributed by atoms with Gasteiger partial charge in [-0.25, -0.2) is 0 Å². The quantitative estimate of drug-likeness (QED) is 0.690. The van der Waals surface area contributed by atoms with Crippen molar-refractivity contribution in [3.8, 4) is 5.75 Å². The van der Waals surface area contributed by atoms with Gasteiger partial charge in [-0.1, -0.05) is 13.0 Å². The van der Waals surface area contributed by atoms with Crippen LogP contribution in [-0.2, 0) is 0 Å². The van der Waals surface area contributed by atoms with E-state index in [-0.39, 0.29) is 11.9 Å². The summed E-state index contributed by atoms with van der Waals surface area (Å²) in [7, 11) is 0. The Morgan fingerprint density at radius 3 is 2.79 bits per heavy atom. The van der Waals surface area contributed by atoms with Crippen LogP contribution < -0.4 is 10.5 Å². The number of nitrogen functional groups attached to an aromatic ring is 1. The van der Waals surface area contributed by atoms with Gasteiger partial charge in [0.25, 0.3) is 0 Å². The summed E-state index contributed by atoms with van der Waals surface area (Å²) in [6.45, 7) is 3.83. The zero-order valence-electron chi connectivity index (χ0n) is 8.33. The molecule has 0 bridgehead atoms. The second kappa shape index (κ2) is 3.01. The van der Waals surface area contributed by atoms with Crippen LogP contribution in [0.1, 0.15) is 29.3 Å². The number of hydrogen-bond donors (Lipinski definition) is 1. The van der Waals surface area contributed by atoms with Gasteiger partial charge in [-0.05, 0) is 25.0 Å². The lowest BCUT2D eigenvalue weighted by Gasteiger charge is -2.06. The number of rotatable bonds is 1. The van der Waals surface area contributed by atoms with Crippen LogP contribution in [0.25, 0.3) is 0 Å². The molecule has 1 atom stereocenters. The van der Waals surface area contributed by atoms with Crippen molar-refractivity contribution in [1.82, 2.24) is 0 Å². The lowest BCUT2D eigenvalue weighted by molar-refractivity contribution is 0.0853. The standard InChI is InChI=1S/C11H13NO2/c1-3-8-10(13)9-6(2)4-5-7(12)11(9)14-8/h4-5,8H,3,12H2,1-2H3. The average Bonchev–Trinajstić information content (AvgIpc) is 2.51. The van der Waals surface area contributed by atoms with Crippen LogP contribution >= 0.6 is 0 Å². The number of carbonyl (C=O) groups is 1. The van der Waals surface area contributed by atoms with Gasteiger partial charge in [0.05, 0.1) is 11.3 Å². The van der Waals surface area contributed by atoms with Gasteiger partial charge in [-0.15, -0.1) is 0 Å². The number of benzene rings is 1. The van der Waals surface area contributed by atoms with Gasteiger partial charge in [0, 0.05) is 0 Å². The van der Waals surface area contributed by atoms with Gasteiger partial charge >= 0.3 is 0 Å². The van der Waals surface area contributed by atoms with Crippen molar-refractivity contribution in [3.05, 3.63) is 23.3 Å². The van der Waals surface area contributed by atoms with Crippen molar-refractivity contribution in [2.45, 2.75) is 26.4 Å². The van der Waals surface area contributed by atoms with Crippen molar-refractivity contribution in [1.29, 1.82) is 0 Å². The first-order valence-electron chi connectivity index (χ1n) is 4.75. The van der Waals surface area contributed by atoms with Crippen molar-refractivity contribution < 1.29 is 9.53 Å². The number of ether oxygens (including phenoxy) is 1. The maximum Gasteiger partial charge on any atom is 0.207 e. The first-order valence-corrected chi connectivity index (χ1v) is 4.75. The minimum Gasteiger partial charge on any atom is -0.479 e. The fourth-order valence-electron chi connectivity index (χ4n) is 1.76. The van der Waals surface area contributed by atoms with E-state index in [2.05, 4.69) is 0 Å². The molecule has 1 aromatic carbocycles. The zero-order valence-corrected chi connectivity index (χ0v) is 8.33. The summed E-state index contributed by atoms with van der Waals surface area (Å²) in [5, 5.41) is 0. The molecule has 1 unspecified atom stereocenters. The SMILES string of the molecule is CCC1Oc2c(N)ccc(C)c2C1=O. The van der Waals surface area contributed by atoms with E-state index in [1.165, 1.54) is 0 Å². The Balaban J connectivity index is 2.58. The van der Waals surface area contributed by atoms with Crippen LogP contribution in [0, 0.1) is 6.92 Å². The smallest absolute Gasteiger partial charge is 0.207 e. The summed E-state index contributed by atoms with van der Waals surface area (Å²) in [6, 6.07) is 3.63. The molecule has 1 aliphatic heterocycles. The minimum absolute atomic E-state index is 0.0623. The van der Waals surface area contributed by atoms with Crippen LogP contribution in [0.3, 0.4) is 0 Å². The van der Waals surface area contributed by atoms with E-state index in [1.807, 2.05) is 19.9 Å². The molecule has 0 aliphatic carbocycles. The number of ketones is 1. The van der Waals surface area contributed by atoms with Crippen LogP contribution in [-0.4, -0.2) is 11.9 Å². The predicted molar refractivity (Wildman–Crippen MR) is 54.6 cm³/mol. The molecule has 74 valence electrons. The summed E-state index contributed by atoms with van der Waals surface area (Å²) in [6.07, 6.45) is 0.347. The third kappa shape index (κ3) is 1.09. The maximum absolute atomic E-state index is 11.8. The highest BCUT2D eigenvalue weighted by Gasteiger charge is 2.33. The molecule has 0 amide bonds. The van der Waals surface area contributed by atoms with Crippen LogP contribution in [0.15, 0.2) is 12.1 Å². The van der Waals surface area contributed by atoms with Crippen LogP contribution in [0.5, 0.6) is 5.75 Å².